The van der Waals surface area contributed by atoms with Crippen LogP contribution in [0.1, 0.15) is 5.56 Å². The monoisotopic (exact) mass is 351 g/mol. The van der Waals surface area contributed by atoms with Gasteiger partial charge < -0.3 is 14.8 Å². The van der Waals surface area contributed by atoms with Crippen LogP contribution in [-0.2, 0) is 11.4 Å². The molecule has 132 valence electrons. The van der Waals surface area contributed by atoms with Crippen molar-refractivity contribution >= 4 is 11.6 Å². The number of carbonyl (C=O) groups is 1. The molecule has 4 nitrogen and oxygen atoms in total. The largest absolute Gasteiger partial charge is 0.485 e. The van der Waals surface area contributed by atoms with Gasteiger partial charge >= 0.3 is 0 Å². The zero-order valence-corrected chi connectivity index (χ0v) is 14.0. The topological polar surface area (TPSA) is 47.6 Å². The van der Waals surface area contributed by atoms with E-state index in [1.807, 2.05) is 36.4 Å². The van der Waals surface area contributed by atoms with Crippen molar-refractivity contribution in [2.45, 2.75) is 6.61 Å². The summed E-state index contributed by atoms with van der Waals surface area (Å²) in [5.41, 5.74) is 1.15. The summed E-state index contributed by atoms with van der Waals surface area (Å²) in [6.07, 6.45) is 0. The maximum Gasteiger partial charge on any atom is 0.262 e. The van der Waals surface area contributed by atoms with Crippen molar-refractivity contribution in [1.82, 2.24) is 0 Å². The second-order valence-electron chi connectivity index (χ2n) is 5.54. The number of para-hydroxylation sites is 3. The van der Waals surface area contributed by atoms with Gasteiger partial charge in [-0.3, -0.25) is 4.79 Å². The van der Waals surface area contributed by atoms with Crippen LogP contribution in [0.2, 0.25) is 0 Å². The number of hydrogen-bond acceptors (Lipinski definition) is 3. The second-order valence-corrected chi connectivity index (χ2v) is 5.54. The van der Waals surface area contributed by atoms with Crippen molar-refractivity contribution in [2.24, 2.45) is 0 Å². The smallest absolute Gasteiger partial charge is 0.262 e. The average Bonchev–Trinajstić information content (AvgIpc) is 2.68. The summed E-state index contributed by atoms with van der Waals surface area (Å²) in [6, 6.07) is 22.8. The van der Waals surface area contributed by atoms with Gasteiger partial charge in [-0.15, -0.1) is 0 Å². The van der Waals surface area contributed by atoms with E-state index in [0.29, 0.717) is 18.1 Å². The average molecular weight is 351 g/mol. The van der Waals surface area contributed by atoms with Crippen molar-refractivity contribution in [1.29, 1.82) is 0 Å². The zero-order chi connectivity index (χ0) is 18.2. The van der Waals surface area contributed by atoms with Crippen molar-refractivity contribution in [3.63, 3.8) is 0 Å². The van der Waals surface area contributed by atoms with Gasteiger partial charge in [0.15, 0.2) is 18.1 Å². The maximum absolute atomic E-state index is 13.6. The molecule has 1 N–H and O–H groups in total. The quantitative estimate of drug-likeness (QED) is 0.685. The molecular formula is C21H18FNO3. The van der Waals surface area contributed by atoms with E-state index in [4.69, 9.17) is 9.47 Å². The Kier molecular flexibility index (Phi) is 5.83. The molecule has 0 aliphatic carbocycles. The Morgan fingerprint density at radius 1 is 0.808 bits per heavy atom. The fourth-order valence-electron chi connectivity index (χ4n) is 2.32. The lowest BCUT2D eigenvalue weighted by Crippen LogP contribution is -2.21. The van der Waals surface area contributed by atoms with Crippen LogP contribution in [-0.4, -0.2) is 12.5 Å². The molecule has 0 aromatic heterocycles. The number of ether oxygens (including phenoxy) is 2. The Bertz CT molecular complexity index is 868. The van der Waals surface area contributed by atoms with Crippen molar-refractivity contribution in [3.8, 4) is 11.5 Å². The highest BCUT2D eigenvalue weighted by Gasteiger charge is 2.10. The van der Waals surface area contributed by atoms with Crippen LogP contribution in [0.3, 0.4) is 0 Å². The molecule has 26 heavy (non-hydrogen) atoms. The predicted octanol–water partition coefficient (Wildman–Crippen LogP) is 4.42. The number of halogens is 1. The normalized spacial score (nSPS) is 10.2. The van der Waals surface area contributed by atoms with Crippen LogP contribution >= 0.6 is 0 Å². The molecule has 5 heteroatoms. The Labute approximate surface area is 151 Å². The Morgan fingerprint density at radius 2 is 1.42 bits per heavy atom. The molecule has 3 aromatic rings. The van der Waals surface area contributed by atoms with Crippen LogP contribution < -0.4 is 14.8 Å². The van der Waals surface area contributed by atoms with E-state index in [0.717, 1.165) is 5.56 Å². The van der Waals surface area contributed by atoms with Gasteiger partial charge in [-0.05, 0) is 29.8 Å². The van der Waals surface area contributed by atoms with Gasteiger partial charge in [-0.1, -0.05) is 54.6 Å². The molecule has 0 aliphatic rings. The number of carbonyl (C=O) groups excluding carboxylic acids is 1. The van der Waals surface area contributed by atoms with Crippen LogP contribution in [0.25, 0.3) is 0 Å². The summed E-state index contributed by atoms with van der Waals surface area (Å²) in [4.78, 5) is 12.0. The molecule has 0 fully saturated rings. The fourth-order valence-corrected chi connectivity index (χ4v) is 2.32. The first-order chi connectivity index (χ1) is 12.7. The van der Waals surface area contributed by atoms with Crippen LogP contribution in [0.4, 0.5) is 10.1 Å². The minimum absolute atomic E-state index is 0.120. The minimum Gasteiger partial charge on any atom is -0.485 e. The molecule has 0 spiro atoms. The van der Waals surface area contributed by atoms with Gasteiger partial charge in [0.05, 0.1) is 5.69 Å². The molecule has 0 unspecified atom stereocenters. The number of rotatable bonds is 7. The summed E-state index contributed by atoms with van der Waals surface area (Å²) in [5.74, 6) is 0.0440. The van der Waals surface area contributed by atoms with Gasteiger partial charge in [0, 0.05) is 0 Å². The number of amides is 1. The van der Waals surface area contributed by atoms with E-state index in [1.54, 1.807) is 30.3 Å². The third kappa shape index (κ3) is 4.83. The molecule has 0 saturated carbocycles. The predicted molar refractivity (Wildman–Crippen MR) is 97.7 cm³/mol. The van der Waals surface area contributed by atoms with E-state index in [1.165, 1.54) is 12.1 Å². The summed E-state index contributed by atoms with van der Waals surface area (Å²) in [6.45, 7) is 0.142. The molecular weight excluding hydrogens is 333 g/mol. The maximum atomic E-state index is 13.6. The van der Waals surface area contributed by atoms with Gasteiger partial charge in [-0.25, -0.2) is 4.39 Å². The van der Waals surface area contributed by atoms with E-state index >= 15 is 0 Å². The number of nitrogens with one attached hydrogen (secondary N) is 1. The summed E-state index contributed by atoms with van der Waals surface area (Å²) < 4.78 is 24.9. The molecule has 0 heterocycles. The highest BCUT2D eigenvalue weighted by atomic mass is 19.1. The third-order valence-electron chi connectivity index (χ3n) is 3.59. The van der Waals surface area contributed by atoms with Crippen molar-refractivity contribution in [3.05, 3.63) is 90.2 Å². The molecule has 0 aliphatic heterocycles. The van der Waals surface area contributed by atoms with E-state index in [-0.39, 0.29) is 12.3 Å². The number of anilines is 1. The SMILES string of the molecule is O=C(COc1ccccc1OCc1ccccc1)Nc1ccccc1F. The second kappa shape index (κ2) is 8.67. The first-order valence-electron chi connectivity index (χ1n) is 8.15. The summed E-state index contributed by atoms with van der Waals surface area (Å²) in [7, 11) is 0. The van der Waals surface area contributed by atoms with E-state index < -0.39 is 11.7 Å². The number of hydrogen-bond donors (Lipinski definition) is 1. The molecule has 0 radical (unpaired) electrons. The van der Waals surface area contributed by atoms with Crippen LogP contribution in [0.5, 0.6) is 11.5 Å². The first kappa shape index (κ1) is 17.5. The van der Waals surface area contributed by atoms with E-state index in [2.05, 4.69) is 5.32 Å². The lowest BCUT2D eigenvalue weighted by Gasteiger charge is -2.13. The highest BCUT2D eigenvalue weighted by molar-refractivity contribution is 5.92. The molecule has 0 bridgehead atoms. The molecule has 3 aromatic carbocycles. The van der Waals surface area contributed by atoms with Gasteiger partial charge in [-0.2, -0.15) is 0 Å². The molecule has 1 amide bonds. The fraction of sp³-hybridized carbons (Fsp3) is 0.0952. The minimum atomic E-state index is -0.493. The standard InChI is InChI=1S/C21H18FNO3/c22-17-10-4-5-11-18(17)23-21(24)15-26-20-13-7-6-12-19(20)25-14-16-8-2-1-3-9-16/h1-13H,14-15H2,(H,23,24). The Hall–Kier alpha value is -3.34. The Morgan fingerprint density at radius 3 is 2.15 bits per heavy atom. The molecule has 0 atom stereocenters. The highest BCUT2D eigenvalue weighted by Crippen LogP contribution is 2.27. The lowest BCUT2D eigenvalue weighted by atomic mass is 10.2. The van der Waals surface area contributed by atoms with Crippen molar-refractivity contribution in [2.75, 3.05) is 11.9 Å². The molecule has 3 rings (SSSR count). The molecule has 0 saturated heterocycles. The van der Waals surface area contributed by atoms with E-state index in [9.17, 15) is 9.18 Å². The first-order valence-corrected chi connectivity index (χ1v) is 8.15. The summed E-state index contributed by atoms with van der Waals surface area (Å²) >= 11 is 0. The third-order valence-corrected chi connectivity index (χ3v) is 3.59. The Balaban J connectivity index is 1.58. The van der Waals surface area contributed by atoms with Gasteiger partial charge in [0.2, 0.25) is 0 Å². The van der Waals surface area contributed by atoms with Crippen LogP contribution in [0.15, 0.2) is 78.9 Å². The van der Waals surface area contributed by atoms with Gasteiger partial charge in [0.1, 0.15) is 12.4 Å². The summed E-state index contributed by atoms with van der Waals surface area (Å²) in [5, 5.41) is 2.48. The number of benzene rings is 3. The zero-order valence-electron chi connectivity index (χ0n) is 14.0. The van der Waals surface area contributed by atoms with Crippen molar-refractivity contribution < 1.29 is 18.7 Å². The van der Waals surface area contributed by atoms with Crippen LogP contribution in [0, 0.1) is 5.82 Å². The lowest BCUT2D eigenvalue weighted by molar-refractivity contribution is -0.118. The van der Waals surface area contributed by atoms with Gasteiger partial charge in [0.25, 0.3) is 5.91 Å².